The number of anilines is 1. The molecule has 1 fully saturated rings. The van der Waals surface area contributed by atoms with E-state index in [4.69, 9.17) is 17.3 Å². The Balaban J connectivity index is 0.000000265. The smallest absolute Gasteiger partial charge is 0.255 e. The van der Waals surface area contributed by atoms with Crippen LogP contribution in [0.25, 0.3) is 16.7 Å². The van der Waals surface area contributed by atoms with Gasteiger partial charge in [-0.3, -0.25) is 4.79 Å². The Morgan fingerprint density at radius 2 is 1.70 bits per heavy atom. The third-order valence-corrected chi connectivity index (χ3v) is 6.05. The van der Waals surface area contributed by atoms with E-state index in [-0.39, 0.29) is 17.1 Å². The van der Waals surface area contributed by atoms with Crippen LogP contribution in [0.5, 0.6) is 0 Å². The zero-order chi connectivity index (χ0) is 21.3. The van der Waals surface area contributed by atoms with Gasteiger partial charge in [0.15, 0.2) is 0 Å². The largest absolute Gasteiger partial charge is 0.330 e. The maximum absolute atomic E-state index is 11.9. The molecule has 3 aromatic carbocycles. The predicted octanol–water partition coefficient (Wildman–Crippen LogP) is 5.79. The summed E-state index contributed by atoms with van der Waals surface area (Å²) in [5.41, 5.74) is 11.3. The number of halogens is 2. The van der Waals surface area contributed by atoms with E-state index in [2.05, 4.69) is 36.2 Å². The van der Waals surface area contributed by atoms with Crippen molar-refractivity contribution >= 4 is 28.8 Å². The summed E-state index contributed by atoms with van der Waals surface area (Å²) in [5, 5.41) is 3.39. The third-order valence-electron chi connectivity index (χ3n) is 5.74. The topological polar surface area (TPSA) is 55.1 Å². The third kappa shape index (κ3) is 3.89. The summed E-state index contributed by atoms with van der Waals surface area (Å²) in [6.45, 7) is 4.53. The maximum Gasteiger partial charge on any atom is 0.255 e. The van der Waals surface area contributed by atoms with E-state index in [0.717, 1.165) is 35.2 Å². The molecule has 1 aliphatic heterocycles. The SMILES string of the molecule is C=C1C(=O)Nc2cc(Cl)c(-c3ccc(C4(CN)CC4)cc3)cc21.Fc1ccccc1. The molecule has 0 atom stereocenters. The highest BCUT2D eigenvalue weighted by molar-refractivity contribution is 6.36. The Hall–Kier alpha value is -2.95. The van der Waals surface area contributed by atoms with Crippen LogP contribution >= 0.6 is 11.6 Å². The van der Waals surface area contributed by atoms with Gasteiger partial charge in [-0.1, -0.05) is 60.6 Å². The van der Waals surface area contributed by atoms with Crippen LogP contribution < -0.4 is 11.1 Å². The molecule has 3 nitrogen and oxygen atoms in total. The van der Waals surface area contributed by atoms with Gasteiger partial charge in [-0.25, -0.2) is 4.39 Å². The highest BCUT2D eigenvalue weighted by Gasteiger charge is 2.42. The average molecular weight is 421 g/mol. The lowest BCUT2D eigenvalue weighted by atomic mass is 9.93. The summed E-state index contributed by atoms with van der Waals surface area (Å²) in [6, 6.07) is 20.1. The minimum atomic E-state index is -0.178. The molecule has 30 heavy (non-hydrogen) atoms. The Labute approximate surface area is 180 Å². The van der Waals surface area contributed by atoms with Crippen molar-refractivity contribution < 1.29 is 9.18 Å². The summed E-state index contributed by atoms with van der Waals surface area (Å²) >= 11 is 6.41. The minimum absolute atomic E-state index is 0.165. The molecule has 1 heterocycles. The van der Waals surface area contributed by atoms with Gasteiger partial charge < -0.3 is 11.1 Å². The summed E-state index contributed by atoms with van der Waals surface area (Å²) in [6.07, 6.45) is 2.33. The number of carbonyl (C=O) groups excluding carboxylic acids is 1. The van der Waals surface area contributed by atoms with Crippen molar-refractivity contribution in [2.45, 2.75) is 18.3 Å². The molecule has 0 radical (unpaired) electrons. The minimum Gasteiger partial charge on any atom is -0.330 e. The number of nitrogens with two attached hydrogens (primary N) is 1. The lowest BCUT2D eigenvalue weighted by Crippen LogP contribution is -2.19. The molecule has 2 aliphatic rings. The second kappa shape index (κ2) is 8.05. The number of carbonyl (C=O) groups is 1. The van der Waals surface area contributed by atoms with E-state index in [1.165, 1.54) is 17.7 Å². The molecule has 3 aromatic rings. The van der Waals surface area contributed by atoms with Crippen molar-refractivity contribution in [2.75, 3.05) is 11.9 Å². The van der Waals surface area contributed by atoms with Crippen molar-refractivity contribution in [1.82, 2.24) is 0 Å². The van der Waals surface area contributed by atoms with E-state index in [1.807, 2.05) is 6.07 Å². The zero-order valence-electron chi connectivity index (χ0n) is 16.4. The van der Waals surface area contributed by atoms with Crippen LogP contribution in [0, 0.1) is 5.82 Å². The highest BCUT2D eigenvalue weighted by Crippen LogP contribution is 2.47. The summed E-state index contributed by atoms with van der Waals surface area (Å²) in [4.78, 5) is 11.7. The van der Waals surface area contributed by atoms with Crippen LogP contribution in [0.3, 0.4) is 0 Å². The van der Waals surface area contributed by atoms with Gasteiger partial charge in [-0.05, 0) is 48.2 Å². The van der Waals surface area contributed by atoms with Crippen LogP contribution in [0.15, 0.2) is 73.3 Å². The lowest BCUT2D eigenvalue weighted by Gasteiger charge is -2.14. The Morgan fingerprint density at radius 3 is 2.23 bits per heavy atom. The van der Waals surface area contributed by atoms with Gasteiger partial charge in [0.05, 0.1) is 10.7 Å². The molecule has 0 bridgehead atoms. The first-order valence-corrected chi connectivity index (χ1v) is 10.2. The lowest BCUT2D eigenvalue weighted by molar-refractivity contribution is -0.110. The van der Waals surface area contributed by atoms with Gasteiger partial charge in [0.2, 0.25) is 0 Å². The molecular formula is C25H22ClFN2O. The quantitative estimate of drug-likeness (QED) is 0.527. The van der Waals surface area contributed by atoms with Gasteiger partial charge in [0.25, 0.3) is 5.91 Å². The van der Waals surface area contributed by atoms with E-state index in [1.54, 1.807) is 24.3 Å². The second-order valence-electron chi connectivity index (χ2n) is 7.67. The molecule has 0 unspecified atom stereocenters. The second-order valence-corrected chi connectivity index (χ2v) is 8.07. The first-order valence-electron chi connectivity index (χ1n) is 9.79. The van der Waals surface area contributed by atoms with Crippen LogP contribution in [-0.4, -0.2) is 12.5 Å². The van der Waals surface area contributed by atoms with Crippen LogP contribution in [0.2, 0.25) is 5.02 Å². The Morgan fingerprint density at radius 1 is 1.03 bits per heavy atom. The summed E-state index contributed by atoms with van der Waals surface area (Å²) in [7, 11) is 0. The molecule has 0 spiro atoms. The van der Waals surface area contributed by atoms with Gasteiger partial charge in [-0.2, -0.15) is 0 Å². The monoisotopic (exact) mass is 420 g/mol. The van der Waals surface area contributed by atoms with E-state index >= 15 is 0 Å². The number of nitrogens with one attached hydrogen (secondary N) is 1. The standard InChI is InChI=1S/C19H17ClN2O.C6H5F/c1-11-14-8-15(16(20)9-17(14)22-18(11)23)12-2-4-13(5-3-12)19(10-21)6-7-19;7-6-4-2-1-3-5-6/h2-5,8-9H,1,6-7,10,21H2,(H,22,23);1-5H. The molecule has 1 aliphatic carbocycles. The average Bonchev–Trinajstić information content (AvgIpc) is 3.51. The van der Waals surface area contributed by atoms with E-state index in [9.17, 15) is 9.18 Å². The fourth-order valence-electron chi connectivity index (χ4n) is 3.65. The van der Waals surface area contributed by atoms with Crippen LogP contribution in [-0.2, 0) is 10.2 Å². The number of hydrogen-bond acceptors (Lipinski definition) is 2. The molecule has 1 saturated carbocycles. The van der Waals surface area contributed by atoms with Crippen molar-refractivity contribution in [3.8, 4) is 11.1 Å². The number of hydrogen-bond donors (Lipinski definition) is 2. The number of rotatable bonds is 3. The fourth-order valence-corrected chi connectivity index (χ4v) is 3.92. The van der Waals surface area contributed by atoms with Crippen LogP contribution in [0.4, 0.5) is 10.1 Å². The number of amides is 1. The van der Waals surface area contributed by atoms with E-state index in [0.29, 0.717) is 17.1 Å². The molecule has 5 rings (SSSR count). The molecule has 1 amide bonds. The normalized spacial score (nSPS) is 15.7. The number of benzene rings is 3. The number of fused-ring (bicyclic) bond motifs is 1. The molecule has 152 valence electrons. The van der Waals surface area contributed by atoms with Crippen molar-refractivity contribution in [3.05, 3.63) is 95.3 Å². The highest BCUT2D eigenvalue weighted by atomic mass is 35.5. The van der Waals surface area contributed by atoms with Gasteiger partial charge in [-0.15, -0.1) is 0 Å². The van der Waals surface area contributed by atoms with Crippen molar-refractivity contribution in [1.29, 1.82) is 0 Å². The van der Waals surface area contributed by atoms with Crippen molar-refractivity contribution in [2.24, 2.45) is 5.73 Å². The molecular weight excluding hydrogens is 399 g/mol. The molecule has 3 N–H and O–H groups in total. The summed E-state index contributed by atoms with van der Waals surface area (Å²) in [5.74, 6) is -0.343. The van der Waals surface area contributed by atoms with Gasteiger partial charge in [0.1, 0.15) is 5.82 Å². The first kappa shape index (κ1) is 20.3. The molecule has 0 saturated heterocycles. The Kier molecular flexibility index (Phi) is 5.46. The molecule has 0 aromatic heterocycles. The summed E-state index contributed by atoms with van der Waals surface area (Å²) < 4.78 is 11.9. The van der Waals surface area contributed by atoms with Crippen LogP contribution in [0.1, 0.15) is 24.0 Å². The van der Waals surface area contributed by atoms with E-state index < -0.39 is 0 Å². The zero-order valence-corrected chi connectivity index (χ0v) is 17.2. The predicted molar refractivity (Wildman–Crippen MR) is 121 cm³/mol. The molecule has 5 heteroatoms. The Bertz CT molecular complexity index is 1110. The van der Waals surface area contributed by atoms with Crippen molar-refractivity contribution in [3.63, 3.8) is 0 Å². The fraction of sp³-hybridized carbons (Fsp3) is 0.160. The maximum atomic E-state index is 11.9. The van der Waals surface area contributed by atoms with Gasteiger partial charge >= 0.3 is 0 Å². The first-order chi connectivity index (χ1) is 14.4. The van der Waals surface area contributed by atoms with Gasteiger partial charge in [0, 0.05) is 28.7 Å².